The van der Waals surface area contributed by atoms with Crippen LogP contribution in [0.2, 0.25) is 5.02 Å². The zero-order valence-electron chi connectivity index (χ0n) is 9.57. The van der Waals surface area contributed by atoms with Crippen LogP contribution in [0.5, 0.6) is 5.75 Å². The second-order valence-electron chi connectivity index (χ2n) is 3.31. The van der Waals surface area contributed by atoms with Crippen LogP contribution in [0.25, 0.3) is 0 Å². The summed E-state index contributed by atoms with van der Waals surface area (Å²) in [5.74, 6) is -0.497. The van der Waals surface area contributed by atoms with Gasteiger partial charge in [0.25, 0.3) is 9.05 Å². The van der Waals surface area contributed by atoms with Crippen LogP contribution in [0.3, 0.4) is 0 Å². The topological polar surface area (TPSA) is 69.7 Å². The standard InChI is InChI=1S/C10H10Cl2O5S/c1-6(13)17-5-7-3-8(11)4-9(10(7)16-2)18(12,14)15/h3-4H,5H2,1-2H3. The monoisotopic (exact) mass is 312 g/mol. The summed E-state index contributed by atoms with van der Waals surface area (Å²) in [6.07, 6.45) is 0. The molecule has 18 heavy (non-hydrogen) atoms. The summed E-state index contributed by atoms with van der Waals surface area (Å²) < 4.78 is 32.5. The maximum Gasteiger partial charge on any atom is 0.302 e. The molecule has 0 heterocycles. The van der Waals surface area contributed by atoms with Crippen LogP contribution in [0.1, 0.15) is 12.5 Å². The Kier molecular flexibility index (Phi) is 4.84. The molecule has 0 spiro atoms. The number of hydrogen-bond acceptors (Lipinski definition) is 5. The van der Waals surface area contributed by atoms with Crippen LogP contribution in [-0.2, 0) is 25.2 Å². The van der Waals surface area contributed by atoms with Gasteiger partial charge in [-0.25, -0.2) is 8.42 Å². The predicted molar refractivity (Wildman–Crippen MR) is 66.5 cm³/mol. The van der Waals surface area contributed by atoms with Gasteiger partial charge in [-0.1, -0.05) is 11.6 Å². The lowest BCUT2D eigenvalue weighted by Gasteiger charge is -2.12. The molecule has 1 rings (SSSR count). The van der Waals surface area contributed by atoms with E-state index >= 15 is 0 Å². The number of ether oxygens (including phenoxy) is 2. The van der Waals surface area contributed by atoms with Crippen LogP contribution in [0.4, 0.5) is 0 Å². The van der Waals surface area contributed by atoms with Crippen molar-refractivity contribution in [1.82, 2.24) is 0 Å². The van der Waals surface area contributed by atoms with Crippen molar-refractivity contribution in [3.8, 4) is 5.75 Å². The molecule has 1 aromatic carbocycles. The first kappa shape index (κ1) is 15.1. The Bertz CT molecular complexity index is 568. The molecule has 0 saturated carbocycles. The summed E-state index contributed by atoms with van der Waals surface area (Å²) in [6.45, 7) is 1.08. The second-order valence-corrected chi connectivity index (χ2v) is 6.29. The van der Waals surface area contributed by atoms with Crippen molar-refractivity contribution >= 4 is 37.3 Å². The van der Waals surface area contributed by atoms with E-state index in [2.05, 4.69) is 0 Å². The molecule has 0 amide bonds. The highest BCUT2D eigenvalue weighted by Crippen LogP contribution is 2.34. The van der Waals surface area contributed by atoms with E-state index in [9.17, 15) is 13.2 Å². The fourth-order valence-corrected chi connectivity index (χ4v) is 2.68. The second kappa shape index (κ2) is 5.77. The van der Waals surface area contributed by atoms with E-state index in [-0.39, 0.29) is 22.3 Å². The molecule has 0 saturated heterocycles. The number of rotatable bonds is 4. The zero-order chi connectivity index (χ0) is 13.9. The van der Waals surface area contributed by atoms with Gasteiger partial charge in [0, 0.05) is 28.2 Å². The van der Waals surface area contributed by atoms with Gasteiger partial charge in [0.05, 0.1) is 7.11 Å². The minimum absolute atomic E-state index is 0.00986. The number of halogens is 2. The Morgan fingerprint density at radius 2 is 2.00 bits per heavy atom. The van der Waals surface area contributed by atoms with Gasteiger partial charge in [-0.3, -0.25) is 4.79 Å². The van der Waals surface area contributed by atoms with Gasteiger partial charge in [-0.2, -0.15) is 0 Å². The highest BCUT2D eigenvalue weighted by atomic mass is 35.7. The van der Waals surface area contributed by atoms with E-state index in [0.717, 1.165) is 0 Å². The van der Waals surface area contributed by atoms with Crippen LogP contribution in [-0.4, -0.2) is 21.5 Å². The van der Waals surface area contributed by atoms with E-state index in [1.165, 1.54) is 26.2 Å². The zero-order valence-corrected chi connectivity index (χ0v) is 11.9. The predicted octanol–water partition coefficient (Wildman–Crippen LogP) is 2.34. The minimum atomic E-state index is -4.01. The normalized spacial score (nSPS) is 11.1. The molecule has 100 valence electrons. The first-order chi connectivity index (χ1) is 8.25. The molecule has 0 fully saturated rings. The molecule has 0 aromatic heterocycles. The van der Waals surface area contributed by atoms with Gasteiger partial charge in [-0.15, -0.1) is 0 Å². The van der Waals surface area contributed by atoms with Crippen molar-refractivity contribution < 1.29 is 22.7 Å². The molecule has 0 N–H and O–H groups in total. The molecule has 0 aliphatic carbocycles. The van der Waals surface area contributed by atoms with Crippen molar-refractivity contribution in [3.63, 3.8) is 0 Å². The highest BCUT2D eigenvalue weighted by molar-refractivity contribution is 8.13. The molecule has 0 bridgehead atoms. The Morgan fingerprint density at radius 3 is 2.44 bits per heavy atom. The third kappa shape index (κ3) is 3.76. The number of carbonyl (C=O) groups excluding carboxylic acids is 1. The van der Waals surface area contributed by atoms with E-state index in [1.807, 2.05) is 0 Å². The van der Waals surface area contributed by atoms with Crippen LogP contribution in [0, 0.1) is 0 Å². The Balaban J connectivity index is 3.34. The van der Waals surface area contributed by atoms with Crippen molar-refractivity contribution in [3.05, 3.63) is 22.7 Å². The molecule has 0 radical (unpaired) electrons. The number of methoxy groups -OCH3 is 1. The molecular formula is C10H10Cl2O5S. The third-order valence-electron chi connectivity index (χ3n) is 1.99. The van der Waals surface area contributed by atoms with Crippen molar-refractivity contribution in [2.75, 3.05) is 7.11 Å². The van der Waals surface area contributed by atoms with Crippen LogP contribution >= 0.6 is 22.3 Å². The molecule has 8 heteroatoms. The average molecular weight is 313 g/mol. The summed E-state index contributed by atoms with van der Waals surface area (Å²) in [6, 6.07) is 2.61. The lowest BCUT2D eigenvalue weighted by atomic mass is 10.2. The SMILES string of the molecule is COc1c(COC(C)=O)cc(Cl)cc1S(=O)(=O)Cl. The molecule has 5 nitrogen and oxygen atoms in total. The maximum absolute atomic E-state index is 11.4. The lowest BCUT2D eigenvalue weighted by Crippen LogP contribution is -2.04. The minimum Gasteiger partial charge on any atom is -0.495 e. The average Bonchev–Trinajstić information content (AvgIpc) is 2.24. The lowest BCUT2D eigenvalue weighted by molar-refractivity contribution is -0.142. The van der Waals surface area contributed by atoms with Crippen molar-refractivity contribution in [2.24, 2.45) is 0 Å². The van der Waals surface area contributed by atoms with E-state index in [4.69, 9.17) is 31.8 Å². The molecule has 0 aliphatic rings. The summed E-state index contributed by atoms with van der Waals surface area (Å²) in [4.78, 5) is 10.5. The Morgan fingerprint density at radius 1 is 1.39 bits per heavy atom. The molecular weight excluding hydrogens is 303 g/mol. The largest absolute Gasteiger partial charge is 0.495 e. The summed E-state index contributed by atoms with van der Waals surface area (Å²) in [7, 11) is 2.55. The summed E-state index contributed by atoms with van der Waals surface area (Å²) in [5, 5.41) is 0.150. The van der Waals surface area contributed by atoms with Gasteiger partial charge >= 0.3 is 5.97 Å². The Labute approximate surface area is 114 Å². The van der Waals surface area contributed by atoms with Crippen LogP contribution < -0.4 is 4.74 Å². The smallest absolute Gasteiger partial charge is 0.302 e. The molecule has 0 aliphatic heterocycles. The highest BCUT2D eigenvalue weighted by Gasteiger charge is 2.21. The fourth-order valence-electron chi connectivity index (χ4n) is 1.32. The van der Waals surface area contributed by atoms with Gasteiger partial charge in [0.2, 0.25) is 0 Å². The van der Waals surface area contributed by atoms with Crippen LogP contribution in [0.15, 0.2) is 17.0 Å². The number of esters is 1. The maximum atomic E-state index is 11.4. The van der Waals surface area contributed by atoms with Gasteiger partial charge in [0.15, 0.2) is 0 Å². The van der Waals surface area contributed by atoms with E-state index in [1.54, 1.807) is 0 Å². The first-order valence-corrected chi connectivity index (χ1v) is 7.39. The van der Waals surface area contributed by atoms with Gasteiger partial charge < -0.3 is 9.47 Å². The molecule has 0 unspecified atom stereocenters. The van der Waals surface area contributed by atoms with Crippen molar-refractivity contribution in [2.45, 2.75) is 18.4 Å². The quantitative estimate of drug-likeness (QED) is 0.630. The molecule has 0 atom stereocenters. The van der Waals surface area contributed by atoms with E-state index in [0.29, 0.717) is 5.56 Å². The summed E-state index contributed by atoms with van der Waals surface area (Å²) >= 11 is 5.78. The number of hydrogen-bond donors (Lipinski definition) is 0. The molecule has 1 aromatic rings. The summed E-state index contributed by atoms with van der Waals surface area (Å²) in [5.41, 5.74) is 0.319. The first-order valence-electron chi connectivity index (χ1n) is 4.70. The Hall–Kier alpha value is -0.980. The third-order valence-corrected chi connectivity index (χ3v) is 3.54. The number of benzene rings is 1. The van der Waals surface area contributed by atoms with E-state index < -0.39 is 15.0 Å². The number of carbonyl (C=O) groups is 1. The fraction of sp³-hybridized carbons (Fsp3) is 0.300. The van der Waals surface area contributed by atoms with Crippen molar-refractivity contribution in [1.29, 1.82) is 0 Å². The van der Waals surface area contributed by atoms with Gasteiger partial charge in [0.1, 0.15) is 17.3 Å². The van der Waals surface area contributed by atoms with Gasteiger partial charge in [-0.05, 0) is 12.1 Å².